The first-order valence-corrected chi connectivity index (χ1v) is 6.67. The van der Waals surface area contributed by atoms with Crippen LogP contribution < -0.4 is 4.74 Å². The molecule has 2 unspecified atom stereocenters. The monoisotopic (exact) mass is 263 g/mol. The number of carboxylic acid groups (broad SMARTS) is 1. The van der Waals surface area contributed by atoms with Crippen LogP contribution in [0.3, 0.4) is 0 Å². The van der Waals surface area contributed by atoms with E-state index in [1.54, 1.807) is 7.11 Å². The maximum atomic E-state index is 11.2. The predicted molar refractivity (Wildman–Crippen MR) is 73.2 cm³/mol. The Bertz CT molecular complexity index is 447. The highest BCUT2D eigenvalue weighted by atomic mass is 16.5. The van der Waals surface area contributed by atoms with Crippen molar-refractivity contribution in [3.05, 3.63) is 29.8 Å². The second-order valence-electron chi connectivity index (χ2n) is 5.38. The van der Waals surface area contributed by atoms with E-state index >= 15 is 0 Å². The highest BCUT2D eigenvalue weighted by Crippen LogP contribution is 2.26. The fraction of sp³-hybridized carbons (Fsp3) is 0.533. The predicted octanol–water partition coefficient (Wildman–Crippen LogP) is 2.24. The van der Waals surface area contributed by atoms with E-state index < -0.39 is 5.97 Å². The molecule has 1 aliphatic heterocycles. The van der Waals surface area contributed by atoms with E-state index in [1.807, 2.05) is 24.3 Å². The van der Waals surface area contributed by atoms with Crippen molar-refractivity contribution in [2.45, 2.75) is 19.9 Å². The van der Waals surface area contributed by atoms with Gasteiger partial charge < -0.3 is 9.84 Å². The molecule has 1 aromatic carbocycles. The number of likely N-dealkylation sites (tertiary alicyclic amines) is 1. The first-order chi connectivity index (χ1) is 9.10. The number of hydrogen-bond donors (Lipinski definition) is 1. The molecule has 0 spiro atoms. The number of nitrogens with zero attached hydrogens (tertiary/aromatic N) is 1. The largest absolute Gasteiger partial charge is 0.496 e. The minimum atomic E-state index is -0.684. The lowest BCUT2D eigenvalue weighted by Gasteiger charge is -2.34. The minimum Gasteiger partial charge on any atom is -0.496 e. The third-order valence-electron chi connectivity index (χ3n) is 3.67. The van der Waals surface area contributed by atoms with Gasteiger partial charge in [0.15, 0.2) is 0 Å². The van der Waals surface area contributed by atoms with Crippen molar-refractivity contribution in [3.8, 4) is 5.75 Å². The van der Waals surface area contributed by atoms with Crippen LogP contribution in [0.4, 0.5) is 0 Å². The molecule has 0 bridgehead atoms. The normalized spacial score (nSPS) is 24.1. The number of para-hydroxylation sites is 1. The number of piperidine rings is 1. The second-order valence-corrected chi connectivity index (χ2v) is 5.38. The first-order valence-electron chi connectivity index (χ1n) is 6.67. The van der Waals surface area contributed by atoms with Gasteiger partial charge in [-0.15, -0.1) is 0 Å². The number of carboxylic acids is 1. The molecule has 0 saturated carbocycles. The van der Waals surface area contributed by atoms with Gasteiger partial charge in [0.2, 0.25) is 0 Å². The summed E-state index contributed by atoms with van der Waals surface area (Å²) in [6, 6.07) is 7.91. The molecule has 1 fully saturated rings. The van der Waals surface area contributed by atoms with Crippen LogP contribution in [0.2, 0.25) is 0 Å². The minimum absolute atomic E-state index is 0.251. The summed E-state index contributed by atoms with van der Waals surface area (Å²) in [5.74, 6) is 0.354. The molecule has 0 aromatic heterocycles. The zero-order valence-corrected chi connectivity index (χ0v) is 11.5. The van der Waals surface area contributed by atoms with Crippen molar-refractivity contribution < 1.29 is 14.6 Å². The van der Waals surface area contributed by atoms with Crippen LogP contribution in [-0.2, 0) is 11.3 Å². The van der Waals surface area contributed by atoms with Crippen LogP contribution in [0, 0.1) is 11.8 Å². The summed E-state index contributed by atoms with van der Waals surface area (Å²) in [5.41, 5.74) is 1.11. The molecule has 1 aliphatic rings. The highest BCUT2D eigenvalue weighted by molar-refractivity contribution is 5.70. The maximum Gasteiger partial charge on any atom is 0.307 e. The van der Waals surface area contributed by atoms with Crippen molar-refractivity contribution in [1.82, 2.24) is 4.90 Å². The van der Waals surface area contributed by atoms with Gasteiger partial charge in [0.05, 0.1) is 13.0 Å². The van der Waals surface area contributed by atoms with Crippen molar-refractivity contribution in [3.63, 3.8) is 0 Å². The fourth-order valence-corrected chi connectivity index (χ4v) is 2.84. The summed E-state index contributed by atoms with van der Waals surface area (Å²) in [5, 5.41) is 9.19. The molecule has 1 aromatic rings. The SMILES string of the molecule is COc1ccccc1CN1CC(C)CC(C(=O)O)C1. The lowest BCUT2D eigenvalue weighted by atomic mass is 9.90. The quantitative estimate of drug-likeness (QED) is 0.905. The Morgan fingerprint density at radius 2 is 2.16 bits per heavy atom. The summed E-state index contributed by atoms with van der Waals surface area (Å²) >= 11 is 0. The zero-order valence-electron chi connectivity index (χ0n) is 11.5. The van der Waals surface area contributed by atoms with Crippen LogP contribution in [0.15, 0.2) is 24.3 Å². The van der Waals surface area contributed by atoms with Gasteiger partial charge in [-0.2, -0.15) is 0 Å². The van der Waals surface area contributed by atoms with Crippen LogP contribution in [0.1, 0.15) is 18.9 Å². The zero-order chi connectivity index (χ0) is 13.8. The first kappa shape index (κ1) is 13.9. The van der Waals surface area contributed by atoms with Gasteiger partial charge in [0.25, 0.3) is 0 Å². The van der Waals surface area contributed by atoms with Gasteiger partial charge in [-0.1, -0.05) is 25.1 Å². The number of hydrogen-bond acceptors (Lipinski definition) is 3. The average molecular weight is 263 g/mol. The second kappa shape index (κ2) is 6.06. The van der Waals surface area contributed by atoms with Crippen molar-refractivity contribution in [2.24, 2.45) is 11.8 Å². The number of rotatable bonds is 4. The summed E-state index contributed by atoms with van der Waals surface area (Å²) in [7, 11) is 1.66. The number of carbonyl (C=O) groups is 1. The van der Waals surface area contributed by atoms with E-state index in [4.69, 9.17) is 4.74 Å². The number of benzene rings is 1. The molecular formula is C15H21NO3. The highest BCUT2D eigenvalue weighted by Gasteiger charge is 2.29. The Labute approximate surface area is 114 Å². The van der Waals surface area contributed by atoms with Gasteiger partial charge >= 0.3 is 5.97 Å². The Morgan fingerprint density at radius 1 is 1.42 bits per heavy atom. The van der Waals surface area contributed by atoms with Gasteiger partial charge in [0, 0.05) is 25.2 Å². The molecule has 1 N–H and O–H groups in total. The Hall–Kier alpha value is -1.55. The Kier molecular flexibility index (Phi) is 4.43. The van der Waals surface area contributed by atoms with Crippen molar-refractivity contribution >= 4 is 5.97 Å². The molecule has 0 aliphatic carbocycles. The van der Waals surface area contributed by atoms with Crippen molar-refractivity contribution in [1.29, 1.82) is 0 Å². The number of ether oxygens (including phenoxy) is 1. The van der Waals surface area contributed by atoms with E-state index in [9.17, 15) is 9.90 Å². The lowest BCUT2D eigenvalue weighted by molar-refractivity contribution is -0.144. The maximum absolute atomic E-state index is 11.2. The Morgan fingerprint density at radius 3 is 2.84 bits per heavy atom. The molecule has 104 valence electrons. The molecule has 0 radical (unpaired) electrons. The topological polar surface area (TPSA) is 49.8 Å². The van der Waals surface area contributed by atoms with Crippen LogP contribution >= 0.6 is 0 Å². The molecular weight excluding hydrogens is 242 g/mol. The molecule has 2 atom stereocenters. The summed E-state index contributed by atoms with van der Waals surface area (Å²) in [6.45, 7) is 4.43. The summed E-state index contributed by atoms with van der Waals surface area (Å²) in [4.78, 5) is 13.4. The fourth-order valence-electron chi connectivity index (χ4n) is 2.84. The van der Waals surface area contributed by atoms with Crippen LogP contribution in [-0.4, -0.2) is 36.2 Å². The third kappa shape index (κ3) is 3.47. The van der Waals surface area contributed by atoms with Crippen LogP contribution in [0.5, 0.6) is 5.75 Å². The number of aliphatic carboxylic acids is 1. The molecule has 19 heavy (non-hydrogen) atoms. The van der Waals surface area contributed by atoms with Gasteiger partial charge in [-0.3, -0.25) is 9.69 Å². The summed E-state index contributed by atoms with van der Waals surface area (Å²) in [6.07, 6.45) is 0.776. The smallest absolute Gasteiger partial charge is 0.307 e. The van der Waals surface area contributed by atoms with E-state index in [2.05, 4.69) is 11.8 Å². The lowest BCUT2D eigenvalue weighted by Crippen LogP contribution is -2.42. The summed E-state index contributed by atoms with van der Waals surface area (Å²) < 4.78 is 5.35. The van der Waals surface area contributed by atoms with E-state index in [1.165, 1.54) is 0 Å². The third-order valence-corrected chi connectivity index (χ3v) is 3.67. The Balaban J connectivity index is 2.07. The molecule has 0 amide bonds. The van der Waals surface area contributed by atoms with Gasteiger partial charge in [-0.25, -0.2) is 0 Å². The van der Waals surface area contributed by atoms with Crippen LogP contribution in [0.25, 0.3) is 0 Å². The molecule has 4 nitrogen and oxygen atoms in total. The van der Waals surface area contributed by atoms with Gasteiger partial charge in [-0.05, 0) is 18.4 Å². The average Bonchev–Trinajstić information content (AvgIpc) is 2.38. The molecule has 1 saturated heterocycles. The van der Waals surface area contributed by atoms with Gasteiger partial charge in [0.1, 0.15) is 5.75 Å². The molecule has 4 heteroatoms. The molecule has 1 heterocycles. The number of methoxy groups -OCH3 is 1. The standard InChI is InChI=1S/C15H21NO3/c1-11-7-13(15(17)18)10-16(8-11)9-12-5-3-4-6-14(12)19-2/h3-6,11,13H,7-10H2,1-2H3,(H,17,18). The van der Waals surface area contributed by atoms with E-state index in [-0.39, 0.29) is 5.92 Å². The van der Waals surface area contributed by atoms with E-state index in [0.29, 0.717) is 12.5 Å². The van der Waals surface area contributed by atoms with E-state index in [0.717, 1.165) is 30.8 Å². The molecule has 2 rings (SSSR count). The van der Waals surface area contributed by atoms with Crippen molar-refractivity contribution in [2.75, 3.05) is 20.2 Å².